The van der Waals surface area contributed by atoms with E-state index in [4.69, 9.17) is 5.73 Å². The van der Waals surface area contributed by atoms with Crippen LogP contribution < -0.4 is 16.0 Å². The topological polar surface area (TPSA) is 75.4 Å². The van der Waals surface area contributed by atoms with E-state index in [0.29, 0.717) is 18.7 Å². The molecule has 20 heavy (non-hydrogen) atoms. The molecule has 5 heteroatoms. The number of nitrogens with one attached hydrogen (secondary N) is 1. The van der Waals surface area contributed by atoms with E-state index in [1.165, 1.54) is 0 Å². The van der Waals surface area contributed by atoms with Gasteiger partial charge >= 0.3 is 0 Å². The van der Waals surface area contributed by atoms with Crippen molar-refractivity contribution >= 4 is 23.2 Å². The molecule has 0 radical (unpaired) electrons. The number of hydrogen-bond acceptors (Lipinski definition) is 3. The minimum absolute atomic E-state index is 0.103. The summed E-state index contributed by atoms with van der Waals surface area (Å²) in [4.78, 5) is 25.5. The highest BCUT2D eigenvalue weighted by Crippen LogP contribution is 2.29. The lowest BCUT2D eigenvalue weighted by molar-refractivity contribution is -0.118. The number of anilines is 2. The van der Waals surface area contributed by atoms with E-state index in [2.05, 4.69) is 5.32 Å². The van der Waals surface area contributed by atoms with E-state index in [1.807, 2.05) is 38.1 Å². The number of nitrogens with zero attached hydrogens (tertiary/aromatic N) is 1. The fourth-order valence-corrected chi connectivity index (χ4v) is 2.33. The molecule has 1 heterocycles. The summed E-state index contributed by atoms with van der Waals surface area (Å²) >= 11 is 0. The molecule has 0 aromatic heterocycles. The zero-order chi connectivity index (χ0) is 14.8. The summed E-state index contributed by atoms with van der Waals surface area (Å²) in [7, 11) is 0. The summed E-state index contributed by atoms with van der Waals surface area (Å²) in [6.07, 6.45) is 1.66. The van der Waals surface area contributed by atoms with E-state index < -0.39 is 5.54 Å². The predicted octanol–water partition coefficient (Wildman–Crippen LogP) is 1.88. The fraction of sp³-hybridized carbons (Fsp3) is 0.467. The van der Waals surface area contributed by atoms with E-state index in [1.54, 1.807) is 4.90 Å². The number of carbonyl (C=O) groups is 2. The molecular weight excluding hydrogens is 254 g/mol. The maximum absolute atomic E-state index is 12.0. The van der Waals surface area contributed by atoms with E-state index in [0.717, 1.165) is 12.1 Å². The Bertz CT molecular complexity index is 520. The smallest absolute Gasteiger partial charge is 0.227 e. The summed E-state index contributed by atoms with van der Waals surface area (Å²) in [6, 6.07) is 7.37. The van der Waals surface area contributed by atoms with Gasteiger partial charge in [-0.3, -0.25) is 9.59 Å². The van der Waals surface area contributed by atoms with Gasteiger partial charge in [0.05, 0.1) is 11.4 Å². The minimum atomic E-state index is -0.553. The van der Waals surface area contributed by atoms with Crippen LogP contribution in [0.5, 0.6) is 0 Å². The molecule has 1 fully saturated rings. The molecule has 0 aliphatic carbocycles. The lowest BCUT2D eigenvalue weighted by atomic mass is 10.0. The van der Waals surface area contributed by atoms with Crippen molar-refractivity contribution in [1.29, 1.82) is 0 Å². The van der Waals surface area contributed by atoms with Crippen molar-refractivity contribution < 1.29 is 9.59 Å². The third-order valence-electron chi connectivity index (χ3n) is 3.16. The molecule has 3 N–H and O–H groups in total. The van der Waals surface area contributed by atoms with Crippen LogP contribution in [0, 0.1) is 0 Å². The number of carbonyl (C=O) groups excluding carboxylic acids is 2. The molecule has 0 spiro atoms. The average Bonchev–Trinajstić information content (AvgIpc) is 2.73. The van der Waals surface area contributed by atoms with Gasteiger partial charge < -0.3 is 16.0 Å². The Hall–Kier alpha value is -1.88. The van der Waals surface area contributed by atoms with Gasteiger partial charge in [0, 0.05) is 24.9 Å². The number of nitrogens with two attached hydrogens (primary N) is 1. The molecule has 1 aromatic rings. The minimum Gasteiger partial charge on any atom is -0.325 e. The molecule has 0 unspecified atom stereocenters. The first-order chi connectivity index (χ1) is 9.37. The summed E-state index contributed by atoms with van der Waals surface area (Å²) < 4.78 is 0. The van der Waals surface area contributed by atoms with Gasteiger partial charge in [0.1, 0.15) is 0 Å². The Kier molecular flexibility index (Phi) is 4.09. The monoisotopic (exact) mass is 275 g/mol. The molecule has 0 saturated carbocycles. The Balaban J connectivity index is 2.16. The first-order valence-electron chi connectivity index (χ1n) is 6.85. The van der Waals surface area contributed by atoms with Gasteiger partial charge in [-0.2, -0.15) is 0 Å². The molecule has 2 rings (SSSR count). The van der Waals surface area contributed by atoms with Crippen LogP contribution >= 0.6 is 0 Å². The van der Waals surface area contributed by atoms with Gasteiger partial charge in [-0.1, -0.05) is 12.1 Å². The second-order valence-corrected chi connectivity index (χ2v) is 5.88. The van der Waals surface area contributed by atoms with Crippen molar-refractivity contribution in [3.63, 3.8) is 0 Å². The fourth-order valence-electron chi connectivity index (χ4n) is 2.33. The largest absolute Gasteiger partial charge is 0.325 e. The quantitative estimate of drug-likeness (QED) is 0.881. The molecule has 108 valence electrons. The highest BCUT2D eigenvalue weighted by atomic mass is 16.2. The number of para-hydroxylation sites is 2. The lowest BCUT2D eigenvalue weighted by Gasteiger charge is -2.22. The van der Waals surface area contributed by atoms with Crippen molar-refractivity contribution in [3.05, 3.63) is 24.3 Å². The molecule has 1 saturated heterocycles. The number of hydrogen-bond donors (Lipinski definition) is 2. The van der Waals surface area contributed by atoms with Crippen LogP contribution in [0.15, 0.2) is 24.3 Å². The molecule has 1 aliphatic rings. The first-order valence-corrected chi connectivity index (χ1v) is 6.85. The van der Waals surface area contributed by atoms with E-state index >= 15 is 0 Å². The SMILES string of the molecule is CC(C)(N)CC(=O)Nc1ccccc1N1CCCC1=O. The van der Waals surface area contributed by atoms with Crippen molar-refractivity contribution in [2.75, 3.05) is 16.8 Å². The van der Waals surface area contributed by atoms with Gasteiger partial charge in [0.25, 0.3) is 0 Å². The predicted molar refractivity (Wildman–Crippen MR) is 79.5 cm³/mol. The van der Waals surface area contributed by atoms with Crippen LogP contribution in [-0.4, -0.2) is 23.9 Å². The van der Waals surface area contributed by atoms with E-state index in [9.17, 15) is 9.59 Å². The zero-order valence-electron chi connectivity index (χ0n) is 12.0. The molecular formula is C15H21N3O2. The Morgan fingerprint density at radius 2 is 2.10 bits per heavy atom. The Morgan fingerprint density at radius 1 is 1.40 bits per heavy atom. The van der Waals surface area contributed by atoms with Gasteiger partial charge in [0.15, 0.2) is 0 Å². The van der Waals surface area contributed by atoms with E-state index in [-0.39, 0.29) is 18.2 Å². The average molecular weight is 275 g/mol. The molecule has 1 aliphatic heterocycles. The molecule has 5 nitrogen and oxygen atoms in total. The first kappa shape index (κ1) is 14.5. The highest BCUT2D eigenvalue weighted by Gasteiger charge is 2.24. The van der Waals surface area contributed by atoms with Crippen LogP contribution in [0.4, 0.5) is 11.4 Å². The number of rotatable bonds is 4. The van der Waals surface area contributed by atoms with Crippen LogP contribution in [-0.2, 0) is 9.59 Å². The third kappa shape index (κ3) is 3.57. The van der Waals surface area contributed by atoms with Crippen LogP contribution in [0.2, 0.25) is 0 Å². The molecule has 2 amide bonds. The zero-order valence-corrected chi connectivity index (χ0v) is 12.0. The summed E-state index contributed by atoms with van der Waals surface area (Å²) in [5.41, 5.74) is 6.72. The second kappa shape index (κ2) is 5.63. The number of benzene rings is 1. The Morgan fingerprint density at radius 3 is 2.70 bits per heavy atom. The van der Waals surface area contributed by atoms with Crippen LogP contribution in [0.25, 0.3) is 0 Å². The van der Waals surface area contributed by atoms with Gasteiger partial charge in [0.2, 0.25) is 11.8 Å². The second-order valence-electron chi connectivity index (χ2n) is 5.88. The molecule has 0 bridgehead atoms. The Labute approximate surface area is 119 Å². The van der Waals surface area contributed by atoms with Crippen LogP contribution in [0.3, 0.4) is 0 Å². The van der Waals surface area contributed by atoms with Gasteiger partial charge in [-0.05, 0) is 32.4 Å². The maximum atomic E-state index is 12.0. The molecule has 1 aromatic carbocycles. The summed E-state index contributed by atoms with van der Waals surface area (Å²) in [5, 5.41) is 2.85. The van der Waals surface area contributed by atoms with Gasteiger partial charge in [-0.15, -0.1) is 0 Å². The van der Waals surface area contributed by atoms with Crippen LogP contribution in [0.1, 0.15) is 33.1 Å². The summed E-state index contributed by atoms with van der Waals surface area (Å²) in [6.45, 7) is 4.32. The molecule has 0 atom stereocenters. The third-order valence-corrected chi connectivity index (χ3v) is 3.16. The lowest BCUT2D eigenvalue weighted by Crippen LogP contribution is -2.36. The van der Waals surface area contributed by atoms with Crippen molar-refractivity contribution in [2.24, 2.45) is 5.73 Å². The van der Waals surface area contributed by atoms with Crippen molar-refractivity contribution in [2.45, 2.75) is 38.6 Å². The number of amides is 2. The van der Waals surface area contributed by atoms with Crippen molar-refractivity contribution in [1.82, 2.24) is 0 Å². The normalized spacial score (nSPS) is 15.6. The highest BCUT2D eigenvalue weighted by molar-refractivity contribution is 6.02. The van der Waals surface area contributed by atoms with Crippen molar-refractivity contribution in [3.8, 4) is 0 Å². The maximum Gasteiger partial charge on any atom is 0.227 e. The standard InChI is InChI=1S/C15H21N3O2/c1-15(2,16)10-13(19)17-11-6-3-4-7-12(11)18-9-5-8-14(18)20/h3-4,6-7H,5,8-10,16H2,1-2H3,(H,17,19). The van der Waals surface area contributed by atoms with Gasteiger partial charge in [-0.25, -0.2) is 0 Å². The summed E-state index contributed by atoms with van der Waals surface area (Å²) in [5.74, 6) is -0.0394.